The number of nitrogens with one attached hydrogen (secondary N) is 3. The summed E-state index contributed by atoms with van der Waals surface area (Å²) in [6, 6.07) is 13.6. The Bertz CT molecular complexity index is 1580. The van der Waals surface area contributed by atoms with Crippen LogP contribution < -0.4 is 16.0 Å². The van der Waals surface area contributed by atoms with Crippen molar-refractivity contribution >= 4 is 35.0 Å². The highest BCUT2D eigenvalue weighted by Crippen LogP contribution is 2.41. The van der Waals surface area contributed by atoms with Gasteiger partial charge >= 0.3 is 6.18 Å². The Hall–Kier alpha value is -4.43. The predicted molar refractivity (Wildman–Crippen MR) is 152 cm³/mol. The Morgan fingerprint density at radius 2 is 1.76 bits per heavy atom. The maximum Gasteiger partial charge on any atom is 0.416 e. The van der Waals surface area contributed by atoms with Crippen molar-refractivity contribution in [2.24, 2.45) is 0 Å². The first-order chi connectivity index (χ1) is 19.4. The fourth-order valence-corrected chi connectivity index (χ4v) is 5.62. The molecule has 0 saturated carbocycles. The summed E-state index contributed by atoms with van der Waals surface area (Å²) < 4.78 is 45.2. The van der Waals surface area contributed by atoms with Gasteiger partial charge in [0.05, 0.1) is 45.7 Å². The molecule has 41 heavy (non-hydrogen) atoms. The highest BCUT2D eigenvalue weighted by atomic mass is 32.2. The number of allylic oxidation sites excluding steroid dienone is 2. The molecule has 0 radical (unpaired) electrons. The van der Waals surface area contributed by atoms with Crippen molar-refractivity contribution < 1.29 is 27.2 Å². The molecule has 2 heterocycles. The number of anilines is 2. The van der Waals surface area contributed by atoms with Crippen LogP contribution in [0.25, 0.3) is 0 Å². The number of rotatable bonds is 7. The molecule has 7 nitrogen and oxygen atoms in total. The number of furan rings is 1. The van der Waals surface area contributed by atoms with Gasteiger partial charge in [-0.05, 0) is 69.2 Å². The first-order valence-electron chi connectivity index (χ1n) is 12.5. The number of carbonyl (C=O) groups is 2. The molecule has 2 amide bonds. The molecule has 0 bridgehead atoms. The Kier molecular flexibility index (Phi) is 8.63. The van der Waals surface area contributed by atoms with Crippen molar-refractivity contribution in [3.63, 3.8) is 0 Å². The van der Waals surface area contributed by atoms with Gasteiger partial charge in [-0.3, -0.25) is 9.59 Å². The number of carbonyl (C=O) groups excluding carboxylic acids is 2. The number of halogens is 3. The van der Waals surface area contributed by atoms with E-state index in [2.05, 4.69) is 22.0 Å². The summed E-state index contributed by atoms with van der Waals surface area (Å²) in [5, 5.41) is 19.0. The number of hydrogen-bond acceptors (Lipinski definition) is 6. The number of nitrogens with zero attached hydrogens (tertiary/aromatic N) is 1. The molecule has 0 unspecified atom stereocenters. The number of dihydropyridines is 1. The summed E-state index contributed by atoms with van der Waals surface area (Å²) in [5.74, 6) is -1.65. The first kappa shape index (κ1) is 29.6. The normalized spacial score (nSPS) is 15.3. The van der Waals surface area contributed by atoms with Crippen molar-refractivity contribution in [3.05, 3.63) is 105 Å². The standard InChI is InChI=1S/C30H27F3N4O3S/c1-16-11-17(2)27(18(3)12-16)37-24(38)15-41-29-22(14-34)26(23-9-6-10-40-23)25(19(4)35-29)28(39)36-21-8-5-7-20(13-21)30(31,32)33/h5-13,26,35H,15H2,1-4H3,(H,36,39)(H,37,38)/t26-/m0/s1. The molecule has 212 valence electrons. The van der Waals surface area contributed by atoms with E-state index in [1.165, 1.54) is 18.4 Å². The van der Waals surface area contributed by atoms with E-state index in [0.717, 1.165) is 46.3 Å². The fraction of sp³-hybridized carbons (Fsp3) is 0.233. The second-order valence-corrected chi connectivity index (χ2v) is 10.6. The van der Waals surface area contributed by atoms with E-state index in [0.29, 0.717) is 16.5 Å². The second-order valence-electron chi connectivity index (χ2n) is 9.61. The zero-order valence-electron chi connectivity index (χ0n) is 22.7. The molecule has 3 N–H and O–H groups in total. The molecular formula is C30H27F3N4O3S. The quantitative estimate of drug-likeness (QED) is 0.280. The van der Waals surface area contributed by atoms with Gasteiger partial charge in [0.2, 0.25) is 5.91 Å². The molecule has 1 aliphatic heterocycles. The number of thioether (sulfide) groups is 1. The van der Waals surface area contributed by atoms with Gasteiger partial charge in [0.1, 0.15) is 5.76 Å². The van der Waals surface area contributed by atoms with Crippen LogP contribution in [-0.2, 0) is 15.8 Å². The van der Waals surface area contributed by atoms with Gasteiger partial charge in [-0.25, -0.2) is 0 Å². The minimum atomic E-state index is -4.58. The number of nitriles is 1. The molecule has 0 spiro atoms. The second kappa shape index (κ2) is 12.0. The van der Waals surface area contributed by atoms with Crippen molar-refractivity contribution in [3.8, 4) is 6.07 Å². The maximum atomic E-state index is 13.4. The van der Waals surface area contributed by atoms with E-state index in [9.17, 15) is 28.0 Å². The molecule has 1 aromatic heterocycles. The van der Waals surface area contributed by atoms with Crippen molar-refractivity contribution in [2.45, 2.75) is 39.8 Å². The van der Waals surface area contributed by atoms with Crippen molar-refractivity contribution in [1.82, 2.24) is 5.32 Å². The van der Waals surface area contributed by atoms with E-state index in [4.69, 9.17) is 4.42 Å². The highest BCUT2D eigenvalue weighted by molar-refractivity contribution is 8.03. The topological polar surface area (TPSA) is 107 Å². The summed E-state index contributed by atoms with van der Waals surface area (Å²) in [4.78, 5) is 26.3. The van der Waals surface area contributed by atoms with Crippen LogP contribution in [0.4, 0.5) is 24.5 Å². The van der Waals surface area contributed by atoms with E-state index < -0.39 is 23.6 Å². The number of hydrogen-bond donors (Lipinski definition) is 3. The van der Waals surface area contributed by atoms with Gasteiger partial charge in [-0.1, -0.05) is 35.5 Å². The number of aryl methyl sites for hydroxylation is 3. The predicted octanol–water partition coefficient (Wildman–Crippen LogP) is 6.93. The SMILES string of the molecule is CC1=C(C(=O)Nc2cccc(C(F)(F)F)c2)[C@H](c2ccco2)C(C#N)=C(SCC(=O)Nc2c(C)cc(C)cc2C)N1. The number of benzene rings is 2. The molecule has 2 aromatic carbocycles. The van der Waals surface area contributed by atoms with Crippen LogP contribution in [0.1, 0.15) is 40.9 Å². The first-order valence-corrected chi connectivity index (χ1v) is 13.5. The zero-order valence-corrected chi connectivity index (χ0v) is 23.5. The molecule has 1 atom stereocenters. The molecule has 4 rings (SSSR count). The zero-order chi connectivity index (χ0) is 29.9. The van der Waals surface area contributed by atoms with Crippen LogP contribution in [0.15, 0.2) is 81.1 Å². The molecular weight excluding hydrogens is 553 g/mol. The molecule has 11 heteroatoms. The minimum Gasteiger partial charge on any atom is -0.468 e. The van der Waals surface area contributed by atoms with Crippen LogP contribution in [0.2, 0.25) is 0 Å². The Labute approximate surface area is 239 Å². The third kappa shape index (κ3) is 6.66. The Balaban J connectivity index is 1.59. The average molecular weight is 581 g/mol. The monoisotopic (exact) mass is 580 g/mol. The number of alkyl halides is 3. The van der Waals surface area contributed by atoms with Gasteiger partial charge in [-0.15, -0.1) is 0 Å². The van der Waals surface area contributed by atoms with Gasteiger partial charge in [-0.2, -0.15) is 18.4 Å². The van der Waals surface area contributed by atoms with E-state index in [-0.39, 0.29) is 28.5 Å². The summed E-state index contributed by atoms with van der Waals surface area (Å²) in [6.07, 6.45) is -3.18. The number of amides is 2. The average Bonchev–Trinajstić information content (AvgIpc) is 3.43. The van der Waals surface area contributed by atoms with E-state index >= 15 is 0 Å². The molecule has 0 aliphatic carbocycles. The fourth-order valence-electron chi connectivity index (χ4n) is 4.73. The van der Waals surface area contributed by atoms with Crippen LogP contribution in [0.3, 0.4) is 0 Å². The third-order valence-corrected chi connectivity index (χ3v) is 7.47. The molecule has 3 aromatic rings. The summed E-state index contributed by atoms with van der Waals surface area (Å²) >= 11 is 1.10. The molecule has 0 fully saturated rings. The molecule has 1 aliphatic rings. The summed E-state index contributed by atoms with van der Waals surface area (Å²) in [6.45, 7) is 7.42. The highest BCUT2D eigenvalue weighted by Gasteiger charge is 2.37. The third-order valence-electron chi connectivity index (χ3n) is 6.46. The van der Waals surface area contributed by atoms with Gasteiger partial charge in [0.15, 0.2) is 0 Å². The van der Waals surface area contributed by atoms with Gasteiger partial charge < -0.3 is 20.4 Å². The maximum absolute atomic E-state index is 13.4. The lowest BCUT2D eigenvalue weighted by atomic mass is 9.85. The van der Waals surface area contributed by atoms with Crippen molar-refractivity contribution in [1.29, 1.82) is 5.26 Å². The largest absolute Gasteiger partial charge is 0.468 e. The van der Waals surface area contributed by atoms with E-state index in [1.807, 2.05) is 32.9 Å². The molecule has 0 saturated heterocycles. The van der Waals surface area contributed by atoms with Gasteiger partial charge in [0.25, 0.3) is 5.91 Å². The summed E-state index contributed by atoms with van der Waals surface area (Å²) in [7, 11) is 0. The van der Waals surface area contributed by atoms with Crippen LogP contribution >= 0.6 is 11.8 Å². The van der Waals surface area contributed by atoms with Crippen LogP contribution in [0, 0.1) is 32.1 Å². The lowest BCUT2D eigenvalue weighted by molar-refractivity contribution is -0.137. The Morgan fingerprint density at radius 3 is 2.37 bits per heavy atom. The van der Waals surface area contributed by atoms with E-state index in [1.54, 1.807) is 19.1 Å². The smallest absolute Gasteiger partial charge is 0.416 e. The minimum absolute atomic E-state index is 0.0236. The van der Waals surface area contributed by atoms with Gasteiger partial charge in [0, 0.05) is 17.1 Å². The van der Waals surface area contributed by atoms with Crippen LogP contribution in [-0.4, -0.2) is 17.6 Å². The van der Waals surface area contributed by atoms with Crippen LogP contribution in [0.5, 0.6) is 0 Å². The Morgan fingerprint density at radius 1 is 1.05 bits per heavy atom. The van der Waals surface area contributed by atoms with Crippen molar-refractivity contribution in [2.75, 3.05) is 16.4 Å². The summed E-state index contributed by atoms with van der Waals surface area (Å²) in [5.41, 5.74) is 3.33. The lowest BCUT2D eigenvalue weighted by Gasteiger charge is -2.28. The lowest BCUT2D eigenvalue weighted by Crippen LogP contribution is -2.31.